The molecular formula is C13H24N2O2S. The summed E-state index contributed by atoms with van der Waals surface area (Å²) in [5.74, 6) is 1.41. The molecule has 5 heteroatoms. The van der Waals surface area contributed by atoms with Crippen LogP contribution in [-0.4, -0.2) is 42.1 Å². The lowest BCUT2D eigenvalue weighted by Gasteiger charge is -2.24. The number of urea groups is 1. The van der Waals surface area contributed by atoms with Gasteiger partial charge >= 0.3 is 6.03 Å². The van der Waals surface area contributed by atoms with Gasteiger partial charge in [-0.1, -0.05) is 25.7 Å². The van der Waals surface area contributed by atoms with Gasteiger partial charge in [0.25, 0.3) is 0 Å². The van der Waals surface area contributed by atoms with Crippen molar-refractivity contribution in [2.45, 2.75) is 45.1 Å². The van der Waals surface area contributed by atoms with E-state index in [1.54, 1.807) is 11.8 Å². The minimum atomic E-state index is -0.425. The highest BCUT2D eigenvalue weighted by molar-refractivity contribution is 7.80. The summed E-state index contributed by atoms with van der Waals surface area (Å²) in [6.45, 7) is 3.08. The molecule has 0 aromatic heterocycles. The number of carbonyl (C=O) groups excluding carboxylic acids is 2. The van der Waals surface area contributed by atoms with Gasteiger partial charge in [-0.2, -0.15) is 12.6 Å². The zero-order valence-corrected chi connectivity index (χ0v) is 12.0. The molecule has 0 saturated heterocycles. The second-order valence-electron chi connectivity index (χ2n) is 5.02. The Morgan fingerprint density at radius 3 is 2.67 bits per heavy atom. The van der Waals surface area contributed by atoms with Gasteiger partial charge in [-0.3, -0.25) is 0 Å². The van der Waals surface area contributed by atoms with E-state index in [1.807, 2.05) is 0 Å². The van der Waals surface area contributed by atoms with E-state index in [9.17, 15) is 9.59 Å². The van der Waals surface area contributed by atoms with Crippen LogP contribution in [0.4, 0.5) is 4.79 Å². The summed E-state index contributed by atoms with van der Waals surface area (Å²) in [5.41, 5.74) is 0. The van der Waals surface area contributed by atoms with Gasteiger partial charge in [-0.15, -0.1) is 0 Å². The first kappa shape index (κ1) is 15.3. The van der Waals surface area contributed by atoms with Crippen LogP contribution in [0.25, 0.3) is 0 Å². The fourth-order valence-corrected chi connectivity index (χ4v) is 2.63. The molecule has 1 N–H and O–H groups in total. The Morgan fingerprint density at radius 1 is 1.44 bits per heavy atom. The average molecular weight is 272 g/mol. The highest BCUT2D eigenvalue weighted by atomic mass is 32.1. The molecule has 1 fully saturated rings. The van der Waals surface area contributed by atoms with Crippen molar-refractivity contribution in [1.82, 2.24) is 10.2 Å². The minimum Gasteiger partial charge on any atom is -0.329 e. The number of nitrogens with one attached hydrogen (secondary N) is 1. The summed E-state index contributed by atoms with van der Waals surface area (Å²) < 4.78 is 0. The van der Waals surface area contributed by atoms with Gasteiger partial charge in [0.05, 0.1) is 6.04 Å². The first-order valence-corrected chi connectivity index (χ1v) is 7.42. The number of rotatable bonds is 7. The molecule has 1 rings (SSSR count). The third kappa shape index (κ3) is 5.29. The van der Waals surface area contributed by atoms with Crippen molar-refractivity contribution >= 4 is 24.9 Å². The maximum absolute atomic E-state index is 11.9. The SMILES string of the molecule is C[C@@H](C=O)NC(=O)N(CCS)CCC1CCCC1. The van der Waals surface area contributed by atoms with Crippen molar-refractivity contribution in [3.63, 3.8) is 0 Å². The molecule has 0 unspecified atom stereocenters. The molecule has 0 spiro atoms. The Balaban J connectivity index is 2.36. The second kappa shape index (κ2) is 8.40. The molecule has 0 aromatic carbocycles. The Morgan fingerprint density at radius 2 is 2.11 bits per heavy atom. The zero-order chi connectivity index (χ0) is 13.4. The normalized spacial score (nSPS) is 17.4. The largest absolute Gasteiger partial charge is 0.329 e. The fourth-order valence-electron chi connectivity index (χ4n) is 2.39. The van der Waals surface area contributed by atoms with E-state index in [1.165, 1.54) is 25.7 Å². The lowest BCUT2D eigenvalue weighted by molar-refractivity contribution is -0.109. The molecule has 104 valence electrons. The van der Waals surface area contributed by atoms with Crippen molar-refractivity contribution in [2.24, 2.45) is 5.92 Å². The van der Waals surface area contributed by atoms with Crippen LogP contribution in [0, 0.1) is 5.92 Å². The van der Waals surface area contributed by atoms with Crippen LogP contribution in [0.3, 0.4) is 0 Å². The van der Waals surface area contributed by atoms with Gasteiger partial charge in [-0.25, -0.2) is 4.79 Å². The van der Waals surface area contributed by atoms with Crippen LogP contribution in [0.2, 0.25) is 0 Å². The van der Waals surface area contributed by atoms with E-state index >= 15 is 0 Å². The van der Waals surface area contributed by atoms with Crippen LogP contribution < -0.4 is 5.32 Å². The standard InChI is InChI=1S/C13H24N2O2S/c1-11(10-16)14-13(17)15(8-9-18)7-6-12-4-2-3-5-12/h10-12,18H,2-9H2,1H3,(H,14,17)/t11-/m0/s1. The van der Waals surface area contributed by atoms with E-state index in [4.69, 9.17) is 0 Å². The lowest BCUT2D eigenvalue weighted by Crippen LogP contribution is -2.45. The Kier molecular flexibility index (Phi) is 7.16. The first-order valence-electron chi connectivity index (χ1n) is 6.79. The molecule has 0 bridgehead atoms. The van der Waals surface area contributed by atoms with E-state index in [-0.39, 0.29) is 6.03 Å². The summed E-state index contributed by atoms with van der Waals surface area (Å²) in [6, 6.07) is -0.576. The fraction of sp³-hybridized carbons (Fsp3) is 0.846. The van der Waals surface area contributed by atoms with Gasteiger partial charge in [0.15, 0.2) is 0 Å². The van der Waals surface area contributed by atoms with Gasteiger partial charge in [0.2, 0.25) is 0 Å². The topological polar surface area (TPSA) is 49.4 Å². The van der Waals surface area contributed by atoms with Crippen molar-refractivity contribution in [3.8, 4) is 0 Å². The number of aldehydes is 1. The molecule has 0 radical (unpaired) electrons. The highest BCUT2D eigenvalue weighted by Gasteiger charge is 2.19. The van der Waals surface area contributed by atoms with Crippen LogP contribution in [-0.2, 0) is 4.79 Å². The summed E-state index contributed by atoms with van der Waals surface area (Å²) in [6.07, 6.45) is 7.05. The Hall–Kier alpha value is -0.710. The van der Waals surface area contributed by atoms with Crippen molar-refractivity contribution < 1.29 is 9.59 Å². The van der Waals surface area contributed by atoms with E-state index in [0.717, 1.165) is 25.2 Å². The molecule has 1 atom stereocenters. The molecule has 4 nitrogen and oxygen atoms in total. The Labute approximate surface area is 115 Å². The molecule has 0 heterocycles. The van der Waals surface area contributed by atoms with Crippen LogP contribution in [0.1, 0.15) is 39.0 Å². The third-order valence-corrected chi connectivity index (χ3v) is 3.69. The predicted molar refractivity (Wildman–Crippen MR) is 76.1 cm³/mol. The van der Waals surface area contributed by atoms with Crippen molar-refractivity contribution in [3.05, 3.63) is 0 Å². The lowest BCUT2D eigenvalue weighted by atomic mass is 10.0. The third-order valence-electron chi connectivity index (χ3n) is 3.49. The van der Waals surface area contributed by atoms with Gasteiger partial charge in [-0.05, 0) is 19.3 Å². The number of carbonyl (C=O) groups is 2. The molecule has 0 aromatic rings. The number of hydrogen-bond acceptors (Lipinski definition) is 3. The summed E-state index contributed by atoms with van der Waals surface area (Å²) in [7, 11) is 0. The van der Waals surface area contributed by atoms with Gasteiger partial charge < -0.3 is 15.0 Å². The maximum Gasteiger partial charge on any atom is 0.317 e. The van der Waals surface area contributed by atoms with Crippen molar-refractivity contribution in [1.29, 1.82) is 0 Å². The average Bonchev–Trinajstić information content (AvgIpc) is 2.87. The zero-order valence-electron chi connectivity index (χ0n) is 11.1. The molecule has 18 heavy (non-hydrogen) atoms. The van der Waals surface area contributed by atoms with E-state index in [0.29, 0.717) is 12.3 Å². The van der Waals surface area contributed by atoms with E-state index < -0.39 is 6.04 Å². The first-order chi connectivity index (χ1) is 8.67. The number of nitrogens with zero attached hydrogens (tertiary/aromatic N) is 1. The van der Waals surface area contributed by atoms with Crippen molar-refractivity contribution in [2.75, 3.05) is 18.8 Å². The Bertz CT molecular complexity index is 268. The van der Waals surface area contributed by atoms with Crippen LogP contribution in [0.15, 0.2) is 0 Å². The number of thiol groups is 1. The predicted octanol–water partition coefficient (Wildman–Crippen LogP) is 2.10. The quantitative estimate of drug-likeness (QED) is 0.551. The summed E-state index contributed by atoms with van der Waals surface area (Å²) in [5, 5.41) is 2.67. The van der Waals surface area contributed by atoms with Crippen LogP contribution in [0.5, 0.6) is 0 Å². The molecule has 1 aliphatic rings. The van der Waals surface area contributed by atoms with Gasteiger partial charge in [0, 0.05) is 18.8 Å². The maximum atomic E-state index is 11.9. The summed E-state index contributed by atoms with van der Waals surface area (Å²) >= 11 is 4.18. The van der Waals surface area contributed by atoms with E-state index in [2.05, 4.69) is 17.9 Å². The molecule has 0 aliphatic heterocycles. The second-order valence-corrected chi connectivity index (χ2v) is 5.47. The smallest absolute Gasteiger partial charge is 0.317 e. The molecule has 1 aliphatic carbocycles. The van der Waals surface area contributed by atoms with Gasteiger partial charge in [0.1, 0.15) is 6.29 Å². The molecular weight excluding hydrogens is 248 g/mol. The molecule has 1 saturated carbocycles. The van der Waals surface area contributed by atoms with Crippen LogP contribution >= 0.6 is 12.6 Å². The highest BCUT2D eigenvalue weighted by Crippen LogP contribution is 2.27. The monoisotopic (exact) mass is 272 g/mol. The minimum absolute atomic E-state index is 0.151. The number of amides is 2. The summed E-state index contributed by atoms with van der Waals surface area (Å²) in [4.78, 5) is 24.2. The molecule has 2 amide bonds. The number of hydrogen-bond donors (Lipinski definition) is 2.